The molecule has 0 atom stereocenters. The van der Waals surface area contributed by atoms with E-state index in [4.69, 9.17) is 5.73 Å². The molecule has 0 bridgehead atoms. The molecule has 0 radical (unpaired) electrons. The summed E-state index contributed by atoms with van der Waals surface area (Å²) >= 11 is 0. The van der Waals surface area contributed by atoms with Gasteiger partial charge in [-0.25, -0.2) is 9.07 Å². The van der Waals surface area contributed by atoms with Crippen LogP contribution < -0.4 is 5.73 Å². The molecule has 0 aliphatic carbocycles. The smallest absolute Gasteiger partial charge is 0.255 e. The first-order valence-electron chi connectivity index (χ1n) is 6.33. The molecule has 0 fully saturated rings. The molecule has 0 aliphatic heterocycles. The number of benzene rings is 1. The van der Waals surface area contributed by atoms with Gasteiger partial charge in [0.2, 0.25) is 5.95 Å². The molecule has 0 aliphatic rings. The summed E-state index contributed by atoms with van der Waals surface area (Å²) in [6.07, 6.45) is 3.27. The zero-order valence-corrected chi connectivity index (χ0v) is 11.6. The number of nitrogens with zero attached hydrogens (tertiary/aromatic N) is 5. The largest absolute Gasteiger partial charge is 0.368 e. The van der Waals surface area contributed by atoms with Crippen LogP contribution in [-0.4, -0.2) is 24.7 Å². The van der Waals surface area contributed by atoms with Crippen molar-refractivity contribution in [2.45, 2.75) is 13.8 Å². The fourth-order valence-corrected chi connectivity index (χ4v) is 2.18. The summed E-state index contributed by atoms with van der Waals surface area (Å²) in [5, 5.41) is 4.04. The highest BCUT2D eigenvalue weighted by Crippen LogP contribution is 2.25. The van der Waals surface area contributed by atoms with Crippen LogP contribution >= 0.6 is 0 Å². The summed E-state index contributed by atoms with van der Waals surface area (Å²) in [6, 6.07) is 5.04. The maximum atomic E-state index is 14.2. The average Bonchev–Trinajstić information content (AvgIpc) is 2.90. The van der Waals surface area contributed by atoms with E-state index in [1.54, 1.807) is 25.4 Å². The molecule has 2 heterocycles. The van der Waals surface area contributed by atoms with Crippen LogP contribution in [-0.2, 0) is 0 Å². The molecule has 106 valence electrons. The Morgan fingerprint density at radius 2 is 1.95 bits per heavy atom. The lowest BCUT2D eigenvalue weighted by Gasteiger charge is -2.09. The molecule has 0 unspecified atom stereocenters. The molecule has 3 aromatic rings. The minimum Gasteiger partial charge on any atom is -0.368 e. The third kappa shape index (κ3) is 2.45. The van der Waals surface area contributed by atoms with Crippen LogP contribution in [0.15, 0.2) is 30.6 Å². The zero-order chi connectivity index (χ0) is 15.0. The molecule has 0 saturated carbocycles. The van der Waals surface area contributed by atoms with Gasteiger partial charge in [-0.3, -0.25) is 0 Å². The van der Waals surface area contributed by atoms with E-state index in [1.807, 2.05) is 13.0 Å². The number of aryl methyl sites for hydroxylation is 2. The number of aromatic nitrogens is 5. The topological polar surface area (TPSA) is 82.5 Å². The normalized spacial score (nSPS) is 10.8. The van der Waals surface area contributed by atoms with Crippen molar-refractivity contribution < 1.29 is 4.39 Å². The number of hydrogen-bond acceptors (Lipinski definition) is 5. The Hall–Kier alpha value is -2.83. The number of halogens is 1. The zero-order valence-electron chi connectivity index (χ0n) is 11.6. The molecule has 21 heavy (non-hydrogen) atoms. The van der Waals surface area contributed by atoms with E-state index in [0.717, 1.165) is 11.1 Å². The average molecular weight is 284 g/mol. The predicted molar refractivity (Wildman–Crippen MR) is 76.2 cm³/mol. The monoisotopic (exact) mass is 284 g/mol. The van der Waals surface area contributed by atoms with Gasteiger partial charge < -0.3 is 5.73 Å². The Morgan fingerprint density at radius 3 is 2.62 bits per heavy atom. The molecule has 2 aromatic heterocycles. The Balaban J connectivity index is 2.20. The van der Waals surface area contributed by atoms with Crippen LogP contribution in [0.1, 0.15) is 11.1 Å². The van der Waals surface area contributed by atoms with Crippen LogP contribution in [0.4, 0.5) is 10.3 Å². The fourth-order valence-electron chi connectivity index (χ4n) is 2.18. The van der Waals surface area contributed by atoms with Crippen molar-refractivity contribution in [1.29, 1.82) is 0 Å². The molecule has 3 rings (SSSR count). The summed E-state index contributed by atoms with van der Waals surface area (Å²) in [4.78, 5) is 12.3. The van der Waals surface area contributed by atoms with Gasteiger partial charge in [-0.05, 0) is 37.1 Å². The van der Waals surface area contributed by atoms with Gasteiger partial charge in [0.15, 0.2) is 5.82 Å². The predicted octanol–water partition coefficient (Wildman–Crippen LogP) is 2.06. The second kappa shape index (κ2) is 4.93. The highest BCUT2D eigenvalue weighted by Gasteiger charge is 2.15. The summed E-state index contributed by atoms with van der Waals surface area (Å²) in [5.41, 5.74) is 7.61. The third-order valence-electron chi connectivity index (χ3n) is 3.01. The highest BCUT2D eigenvalue weighted by atomic mass is 19.1. The second-order valence-electron chi connectivity index (χ2n) is 4.71. The standard InChI is InChI=1S/C14H13FN6/c1-8-6-9(2)11(10(15)7-8)12-18-13(16)20-14(19-12)21-5-3-4-17-21/h3-7H,1-2H3,(H2,16,18,19,20). The first-order valence-corrected chi connectivity index (χ1v) is 6.33. The molecule has 7 heteroatoms. The van der Waals surface area contributed by atoms with Gasteiger partial charge >= 0.3 is 0 Å². The van der Waals surface area contributed by atoms with E-state index in [9.17, 15) is 4.39 Å². The van der Waals surface area contributed by atoms with E-state index >= 15 is 0 Å². The number of nitrogen functional groups attached to an aromatic ring is 1. The van der Waals surface area contributed by atoms with Crippen LogP contribution in [0.5, 0.6) is 0 Å². The van der Waals surface area contributed by atoms with Crippen LogP contribution in [0, 0.1) is 19.7 Å². The minimum atomic E-state index is -0.385. The number of nitrogens with two attached hydrogens (primary N) is 1. The Bertz CT molecular complexity index is 774. The van der Waals surface area contributed by atoms with Crippen molar-refractivity contribution in [3.8, 4) is 17.3 Å². The Kier molecular flexibility index (Phi) is 3.09. The van der Waals surface area contributed by atoms with Crippen molar-refractivity contribution in [1.82, 2.24) is 24.7 Å². The lowest BCUT2D eigenvalue weighted by Crippen LogP contribution is -2.09. The van der Waals surface area contributed by atoms with E-state index in [2.05, 4.69) is 20.1 Å². The van der Waals surface area contributed by atoms with Gasteiger partial charge in [-0.1, -0.05) is 6.07 Å². The van der Waals surface area contributed by atoms with Gasteiger partial charge in [0, 0.05) is 12.4 Å². The number of hydrogen-bond donors (Lipinski definition) is 1. The van der Waals surface area contributed by atoms with Crippen molar-refractivity contribution in [2.75, 3.05) is 5.73 Å². The van der Waals surface area contributed by atoms with Gasteiger partial charge in [-0.15, -0.1) is 0 Å². The van der Waals surface area contributed by atoms with Crippen molar-refractivity contribution >= 4 is 5.95 Å². The maximum Gasteiger partial charge on any atom is 0.255 e. The van der Waals surface area contributed by atoms with E-state index in [0.29, 0.717) is 5.56 Å². The molecule has 1 aromatic carbocycles. The first kappa shape index (κ1) is 13.2. The minimum absolute atomic E-state index is 0.0184. The quantitative estimate of drug-likeness (QED) is 0.779. The third-order valence-corrected chi connectivity index (χ3v) is 3.01. The molecule has 0 amide bonds. The lowest BCUT2D eigenvalue weighted by molar-refractivity contribution is 0.627. The molecule has 2 N–H and O–H groups in total. The van der Waals surface area contributed by atoms with E-state index in [1.165, 1.54) is 10.7 Å². The summed E-state index contributed by atoms with van der Waals surface area (Å²) in [5.74, 6) is 0.0827. The lowest BCUT2D eigenvalue weighted by atomic mass is 10.0. The highest BCUT2D eigenvalue weighted by molar-refractivity contribution is 5.62. The van der Waals surface area contributed by atoms with Gasteiger partial charge in [0.05, 0.1) is 5.56 Å². The SMILES string of the molecule is Cc1cc(C)c(-c2nc(N)nc(-n3cccn3)n2)c(F)c1. The van der Waals surface area contributed by atoms with E-state index < -0.39 is 0 Å². The Labute approximate surface area is 120 Å². The van der Waals surface area contributed by atoms with Crippen LogP contribution in [0.3, 0.4) is 0 Å². The number of anilines is 1. The van der Waals surface area contributed by atoms with Crippen LogP contribution in [0.25, 0.3) is 17.3 Å². The van der Waals surface area contributed by atoms with E-state index in [-0.39, 0.29) is 23.5 Å². The maximum absolute atomic E-state index is 14.2. The summed E-state index contributed by atoms with van der Waals surface area (Å²) in [6.45, 7) is 3.63. The van der Waals surface area contributed by atoms with Gasteiger partial charge in [-0.2, -0.15) is 20.1 Å². The van der Waals surface area contributed by atoms with Gasteiger partial charge in [0.25, 0.3) is 5.95 Å². The second-order valence-corrected chi connectivity index (χ2v) is 4.71. The Morgan fingerprint density at radius 1 is 1.14 bits per heavy atom. The number of rotatable bonds is 2. The molecular weight excluding hydrogens is 271 g/mol. The molecular formula is C14H13FN6. The molecule has 0 saturated heterocycles. The van der Waals surface area contributed by atoms with Crippen molar-refractivity contribution in [3.05, 3.63) is 47.5 Å². The van der Waals surface area contributed by atoms with Crippen molar-refractivity contribution in [2.24, 2.45) is 0 Å². The van der Waals surface area contributed by atoms with Gasteiger partial charge in [0.1, 0.15) is 5.82 Å². The first-order chi connectivity index (χ1) is 10.0. The summed E-state index contributed by atoms with van der Waals surface area (Å²) in [7, 11) is 0. The molecule has 0 spiro atoms. The van der Waals surface area contributed by atoms with Crippen LogP contribution in [0.2, 0.25) is 0 Å². The fraction of sp³-hybridized carbons (Fsp3) is 0.143. The van der Waals surface area contributed by atoms with Crippen molar-refractivity contribution in [3.63, 3.8) is 0 Å². The summed E-state index contributed by atoms with van der Waals surface area (Å²) < 4.78 is 15.7. The molecule has 6 nitrogen and oxygen atoms in total.